The van der Waals surface area contributed by atoms with Crippen molar-refractivity contribution in [2.45, 2.75) is 0 Å². The Balaban J connectivity index is 0.889. The van der Waals surface area contributed by atoms with Crippen molar-refractivity contribution in [3.63, 3.8) is 0 Å². The van der Waals surface area contributed by atoms with Crippen LogP contribution in [0.2, 0.25) is 0 Å². The summed E-state index contributed by atoms with van der Waals surface area (Å²) in [5, 5.41) is 17.5. The molecule has 0 bridgehead atoms. The number of hydrogen-bond donors (Lipinski definition) is 0. The first-order chi connectivity index (χ1) is 36.2. The Morgan fingerprint density at radius 2 is 0.548 bits per heavy atom. The van der Waals surface area contributed by atoms with Crippen molar-refractivity contribution in [3.05, 3.63) is 273 Å². The van der Waals surface area contributed by atoms with E-state index in [0.29, 0.717) is 0 Å². The highest BCUT2D eigenvalue weighted by atomic mass is 15.0. The van der Waals surface area contributed by atoms with Gasteiger partial charge in [0.2, 0.25) is 0 Å². The second-order valence-corrected chi connectivity index (χ2v) is 19.5. The average molecular weight is 924 g/mol. The SMILES string of the molecule is c1ccc(-c2c3ccccc3c(-c3ccc4c(c3)c3ccccc3n4-c3ccc(-c4ccc5c(-c6ccc7ccccc7c6)c6ccccc6c(-c6ccc7ccccc7c6)c5c4)cc3)c3ccccc23)cc1. The highest BCUT2D eigenvalue weighted by Gasteiger charge is 2.21. The van der Waals surface area contributed by atoms with Crippen LogP contribution in [0.3, 0.4) is 0 Å². The molecule has 1 heteroatoms. The standard InChI is InChI=1S/C72H45N/c1-2-18-49(19-3-1)69-58-23-8-10-25-60(58)71(61-26-11-9-24-59(61)69)55-37-41-68-65(45-55)57-22-14-15-29-67(57)73(68)56-38-34-48(35-39-56)52-36-40-64-66(44-52)72(54-33-31-47-17-5-7-21-51(47)43-54)63-28-13-12-27-62(63)70(64)53-32-30-46-16-4-6-20-50(46)42-53/h1-45H. The number of para-hydroxylation sites is 1. The van der Waals surface area contributed by atoms with Gasteiger partial charge in [-0.25, -0.2) is 0 Å². The van der Waals surface area contributed by atoms with Gasteiger partial charge in [0.1, 0.15) is 0 Å². The van der Waals surface area contributed by atoms with Gasteiger partial charge in [-0.2, -0.15) is 0 Å². The Morgan fingerprint density at radius 1 is 0.178 bits per heavy atom. The Bertz CT molecular complexity index is 4650. The molecule has 1 heterocycles. The summed E-state index contributed by atoms with van der Waals surface area (Å²) < 4.78 is 2.44. The summed E-state index contributed by atoms with van der Waals surface area (Å²) in [5.41, 5.74) is 15.8. The van der Waals surface area contributed by atoms with Crippen LogP contribution in [0.1, 0.15) is 0 Å². The maximum absolute atomic E-state index is 2.44. The van der Waals surface area contributed by atoms with E-state index in [9.17, 15) is 0 Å². The number of rotatable bonds is 6. The van der Waals surface area contributed by atoms with E-state index in [1.54, 1.807) is 0 Å². The fourth-order valence-corrected chi connectivity index (χ4v) is 12.2. The largest absolute Gasteiger partial charge is 0.309 e. The topological polar surface area (TPSA) is 4.93 Å². The summed E-state index contributed by atoms with van der Waals surface area (Å²) in [6, 6.07) is 101. The van der Waals surface area contributed by atoms with Crippen molar-refractivity contribution >= 4 is 86.4 Å². The van der Waals surface area contributed by atoms with Gasteiger partial charge < -0.3 is 4.57 Å². The van der Waals surface area contributed by atoms with Crippen LogP contribution < -0.4 is 0 Å². The maximum atomic E-state index is 2.44. The molecule has 0 atom stereocenters. The molecule has 0 saturated carbocycles. The molecule has 0 saturated heterocycles. The first-order valence-electron chi connectivity index (χ1n) is 25.3. The maximum Gasteiger partial charge on any atom is 0.0541 e. The van der Waals surface area contributed by atoms with E-state index in [-0.39, 0.29) is 0 Å². The fourth-order valence-electron chi connectivity index (χ4n) is 12.2. The second kappa shape index (κ2) is 16.5. The van der Waals surface area contributed by atoms with Crippen molar-refractivity contribution < 1.29 is 0 Å². The number of benzene rings is 14. The zero-order valence-corrected chi connectivity index (χ0v) is 39.9. The van der Waals surface area contributed by atoms with Crippen LogP contribution in [-0.4, -0.2) is 4.57 Å². The number of aromatic nitrogens is 1. The molecular formula is C72H45N. The monoisotopic (exact) mass is 923 g/mol. The summed E-state index contributed by atoms with van der Waals surface area (Å²) in [4.78, 5) is 0. The van der Waals surface area contributed by atoms with Crippen LogP contribution in [0, 0.1) is 0 Å². The lowest BCUT2D eigenvalue weighted by Gasteiger charge is -2.19. The van der Waals surface area contributed by atoms with Crippen molar-refractivity contribution in [1.82, 2.24) is 4.57 Å². The van der Waals surface area contributed by atoms with E-state index < -0.39 is 0 Å². The van der Waals surface area contributed by atoms with Crippen LogP contribution in [0.15, 0.2) is 273 Å². The summed E-state index contributed by atoms with van der Waals surface area (Å²) in [6.07, 6.45) is 0. The van der Waals surface area contributed by atoms with E-state index in [4.69, 9.17) is 0 Å². The molecule has 1 aromatic heterocycles. The molecule has 0 aliphatic rings. The third-order valence-corrected chi connectivity index (χ3v) is 15.5. The lowest BCUT2D eigenvalue weighted by atomic mass is 9.84. The first kappa shape index (κ1) is 41.2. The Labute approximate surface area is 423 Å². The predicted molar refractivity (Wildman–Crippen MR) is 313 cm³/mol. The van der Waals surface area contributed by atoms with Crippen LogP contribution in [0.25, 0.3) is 148 Å². The van der Waals surface area contributed by atoms with Gasteiger partial charge in [0.05, 0.1) is 11.0 Å². The van der Waals surface area contributed by atoms with Gasteiger partial charge in [-0.1, -0.05) is 224 Å². The fraction of sp³-hybridized carbons (Fsp3) is 0. The first-order valence-corrected chi connectivity index (χ1v) is 25.3. The number of hydrogen-bond acceptors (Lipinski definition) is 0. The third-order valence-electron chi connectivity index (χ3n) is 15.5. The summed E-state index contributed by atoms with van der Waals surface area (Å²) in [7, 11) is 0. The van der Waals surface area contributed by atoms with E-state index in [1.165, 1.54) is 142 Å². The summed E-state index contributed by atoms with van der Waals surface area (Å²) in [5.74, 6) is 0. The molecule has 15 rings (SSSR count). The third kappa shape index (κ3) is 6.56. The van der Waals surface area contributed by atoms with E-state index in [1.807, 2.05) is 0 Å². The van der Waals surface area contributed by atoms with Gasteiger partial charge in [-0.15, -0.1) is 0 Å². The molecule has 0 aliphatic heterocycles. The lowest BCUT2D eigenvalue weighted by molar-refractivity contribution is 1.18. The minimum absolute atomic E-state index is 1.13. The van der Waals surface area contributed by atoms with Crippen LogP contribution in [0.5, 0.6) is 0 Å². The van der Waals surface area contributed by atoms with Crippen LogP contribution in [0.4, 0.5) is 0 Å². The van der Waals surface area contributed by atoms with Crippen molar-refractivity contribution in [2.24, 2.45) is 0 Å². The second-order valence-electron chi connectivity index (χ2n) is 19.5. The number of fused-ring (bicyclic) bond motifs is 9. The minimum atomic E-state index is 1.13. The molecule has 0 aliphatic carbocycles. The highest BCUT2D eigenvalue weighted by Crippen LogP contribution is 2.48. The zero-order chi connectivity index (χ0) is 48.0. The van der Waals surface area contributed by atoms with Gasteiger partial charge >= 0.3 is 0 Å². The Morgan fingerprint density at radius 3 is 1.11 bits per heavy atom. The highest BCUT2D eigenvalue weighted by molar-refractivity contribution is 6.24. The quantitative estimate of drug-likeness (QED) is 0.146. The molecule has 0 spiro atoms. The smallest absolute Gasteiger partial charge is 0.0541 e. The van der Waals surface area contributed by atoms with Crippen LogP contribution in [-0.2, 0) is 0 Å². The Hall–Kier alpha value is -9.56. The molecule has 0 fully saturated rings. The normalized spacial score (nSPS) is 11.8. The summed E-state index contributed by atoms with van der Waals surface area (Å²) >= 11 is 0. The van der Waals surface area contributed by atoms with Crippen LogP contribution >= 0.6 is 0 Å². The summed E-state index contributed by atoms with van der Waals surface area (Å²) in [6.45, 7) is 0. The molecule has 14 aromatic carbocycles. The Kier molecular flexibility index (Phi) is 9.33. The molecule has 15 aromatic rings. The van der Waals surface area contributed by atoms with Crippen molar-refractivity contribution in [1.29, 1.82) is 0 Å². The van der Waals surface area contributed by atoms with E-state index in [0.717, 1.165) is 5.69 Å². The van der Waals surface area contributed by atoms with Gasteiger partial charge in [0.25, 0.3) is 0 Å². The molecule has 0 N–H and O–H groups in total. The molecule has 338 valence electrons. The van der Waals surface area contributed by atoms with Gasteiger partial charge in [0.15, 0.2) is 0 Å². The molecule has 0 unspecified atom stereocenters. The molecule has 0 amide bonds. The molecule has 73 heavy (non-hydrogen) atoms. The van der Waals surface area contributed by atoms with Crippen molar-refractivity contribution in [2.75, 3.05) is 0 Å². The molecule has 0 radical (unpaired) electrons. The molecular weight excluding hydrogens is 879 g/mol. The van der Waals surface area contributed by atoms with Gasteiger partial charge in [0, 0.05) is 16.5 Å². The zero-order valence-electron chi connectivity index (χ0n) is 39.9. The molecule has 1 nitrogen and oxygen atoms in total. The van der Waals surface area contributed by atoms with Gasteiger partial charge in [-0.05, 0) is 169 Å². The minimum Gasteiger partial charge on any atom is -0.309 e. The van der Waals surface area contributed by atoms with E-state index >= 15 is 0 Å². The number of nitrogens with zero attached hydrogens (tertiary/aromatic N) is 1. The van der Waals surface area contributed by atoms with Gasteiger partial charge in [-0.3, -0.25) is 0 Å². The lowest BCUT2D eigenvalue weighted by Crippen LogP contribution is -1.94. The average Bonchev–Trinajstić information content (AvgIpc) is 3.79. The predicted octanol–water partition coefficient (Wildman–Crippen LogP) is 20.0. The van der Waals surface area contributed by atoms with Crippen molar-refractivity contribution in [3.8, 4) is 61.3 Å². The van der Waals surface area contributed by atoms with E-state index in [2.05, 4.69) is 278 Å².